The summed E-state index contributed by atoms with van der Waals surface area (Å²) in [4.78, 5) is 12.7. The van der Waals surface area contributed by atoms with Gasteiger partial charge in [0.15, 0.2) is 5.76 Å². The predicted octanol–water partition coefficient (Wildman–Crippen LogP) is 5.23. The van der Waals surface area contributed by atoms with Crippen LogP contribution in [-0.4, -0.2) is 21.4 Å². The molecule has 0 radical (unpaired) electrons. The van der Waals surface area contributed by atoms with E-state index in [1.54, 1.807) is 49.4 Å². The highest BCUT2D eigenvalue weighted by atomic mass is 32.2. The molecule has 180 valence electrons. The first-order valence-electron chi connectivity index (χ1n) is 10.7. The maximum atomic E-state index is 13.1. The van der Waals surface area contributed by atoms with Gasteiger partial charge in [-0.15, -0.1) is 0 Å². The first-order chi connectivity index (χ1) is 16.9. The van der Waals surface area contributed by atoms with Gasteiger partial charge in [-0.25, -0.2) is 8.42 Å². The van der Waals surface area contributed by atoms with E-state index in [4.69, 9.17) is 13.9 Å². The van der Waals surface area contributed by atoms with Crippen molar-refractivity contribution in [2.24, 2.45) is 0 Å². The number of ether oxygens (including phenoxy) is 2. The zero-order valence-electron chi connectivity index (χ0n) is 19.1. The Bertz CT molecular complexity index is 1430. The fourth-order valence-corrected chi connectivity index (χ4v) is 4.68. The molecular weight excluding hydrogens is 468 g/mol. The molecule has 0 bridgehead atoms. The average molecular weight is 493 g/mol. The summed E-state index contributed by atoms with van der Waals surface area (Å²) in [6.45, 7) is 1.84. The van der Waals surface area contributed by atoms with E-state index in [1.165, 1.54) is 19.2 Å². The highest BCUT2D eigenvalue weighted by Gasteiger charge is 2.20. The van der Waals surface area contributed by atoms with Gasteiger partial charge < -0.3 is 19.2 Å². The van der Waals surface area contributed by atoms with Crippen molar-refractivity contribution < 1.29 is 27.1 Å². The van der Waals surface area contributed by atoms with Gasteiger partial charge in [0.05, 0.1) is 17.7 Å². The SMILES string of the molecule is COc1ccccc1NS(=O)(=O)c1cc(NC(=O)c2ccc(COc3ccccc3)o2)ccc1C. The van der Waals surface area contributed by atoms with Crippen molar-refractivity contribution in [1.82, 2.24) is 0 Å². The first kappa shape index (κ1) is 23.9. The third kappa shape index (κ3) is 5.82. The minimum absolute atomic E-state index is 0.0256. The molecule has 4 rings (SSSR count). The van der Waals surface area contributed by atoms with Gasteiger partial charge in [0, 0.05) is 5.69 Å². The number of aryl methyl sites for hydroxylation is 1. The van der Waals surface area contributed by atoms with Gasteiger partial charge >= 0.3 is 0 Å². The Morgan fingerprint density at radius 1 is 0.943 bits per heavy atom. The van der Waals surface area contributed by atoms with E-state index in [0.717, 1.165) is 0 Å². The molecule has 2 N–H and O–H groups in total. The largest absolute Gasteiger partial charge is 0.495 e. The Hall–Kier alpha value is -4.24. The third-order valence-electron chi connectivity index (χ3n) is 5.10. The summed E-state index contributed by atoms with van der Waals surface area (Å²) in [6, 6.07) is 23.8. The maximum Gasteiger partial charge on any atom is 0.291 e. The molecule has 0 saturated heterocycles. The molecule has 1 aromatic heterocycles. The average Bonchev–Trinajstić information content (AvgIpc) is 3.34. The Balaban J connectivity index is 1.47. The monoisotopic (exact) mass is 492 g/mol. The van der Waals surface area contributed by atoms with Crippen molar-refractivity contribution in [3.63, 3.8) is 0 Å². The number of carbonyl (C=O) groups excluding carboxylic acids is 1. The first-order valence-corrected chi connectivity index (χ1v) is 12.2. The summed E-state index contributed by atoms with van der Waals surface area (Å²) in [6.07, 6.45) is 0. The fourth-order valence-electron chi connectivity index (χ4n) is 3.34. The minimum atomic E-state index is -3.95. The lowest BCUT2D eigenvalue weighted by atomic mass is 10.2. The summed E-state index contributed by atoms with van der Waals surface area (Å²) in [5.74, 6) is 1.12. The number of sulfonamides is 1. The number of benzene rings is 3. The molecule has 0 fully saturated rings. The van der Waals surface area contributed by atoms with Crippen molar-refractivity contribution in [1.29, 1.82) is 0 Å². The quantitative estimate of drug-likeness (QED) is 0.331. The van der Waals surface area contributed by atoms with Crippen LogP contribution in [0.3, 0.4) is 0 Å². The number of amides is 1. The molecule has 0 atom stereocenters. The summed E-state index contributed by atoms with van der Waals surface area (Å²) < 4.78 is 45.1. The molecule has 1 amide bonds. The molecule has 0 saturated carbocycles. The highest BCUT2D eigenvalue weighted by Crippen LogP contribution is 2.28. The van der Waals surface area contributed by atoms with Crippen LogP contribution in [0.5, 0.6) is 11.5 Å². The van der Waals surface area contributed by atoms with Crippen LogP contribution in [-0.2, 0) is 16.6 Å². The molecule has 9 heteroatoms. The van der Waals surface area contributed by atoms with Gasteiger partial charge in [-0.05, 0) is 61.0 Å². The lowest BCUT2D eigenvalue weighted by Gasteiger charge is -2.14. The third-order valence-corrected chi connectivity index (χ3v) is 6.60. The number of rotatable bonds is 9. The van der Waals surface area contributed by atoms with Crippen molar-refractivity contribution >= 4 is 27.3 Å². The van der Waals surface area contributed by atoms with E-state index in [0.29, 0.717) is 34.2 Å². The normalized spacial score (nSPS) is 11.0. The Labute approximate surface area is 203 Å². The zero-order chi connectivity index (χ0) is 24.8. The van der Waals surface area contributed by atoms with Crippen LogP contribution in [0.15, 0.2) is 94.2 Å². The lowest BCUT2D eigenvalue weighted by molar-refractivity contribution is 0.0992. The van der Waals surface area contributed by atoms with Gasteiger partial charge in [0.1, 0.15) is 23.9 Å². The number of hydrogen-bond donors (Lipinski definition) is 2. The van der Waals surface area contributed by atoms with E-state index in [1.807, 2.05) is 30.3 Å². The van der Waals surface area contributed by atoms with Crippen molar-refractivity contribution in [2.75, 3.05) is 17.1 Å². The molecule has 0 spiro atoms. The van der Waals surface area contributed by atoms with Crippen LogP contribution in [0.2, 0.25) is 0 Å². The Kier molecular flexibility index (Phi) is 7.07. The molecule has 8 nitrogen and oxygen atoms in total. The molecule has 0 aliphatic carbocycles. The van der Waals surface area contributed by atoms with Crippen LogP contribution in [0, 0.1) is 6.92 Å². The number of nitrogens with one attached hydrogen (secondary N) is 2. The topological polar surface area (TPSA) is 107 Å². The smallest absolute Gasteiger partial charge is 0.291 e. The summed E-state index contributed by atoms with van der Waals surface area (Å²) >= 11 is 0. The van der Waals surface area contributed by atoms with Crippen molar-refractivity contribution in [3.05, 3.63) is 102 Å². The van der Waals surface area contributed by atoms with Gasteiger partial charge in [-0.2, -0.15) is 0 Å². The van der Waals surface area contributed by atoms with E-state index >= 15 is 0 Å². The molecule has 3 aromatic carbocycles. The van der Waals surface area contributed by atoms with E-state index in [-0.39, 0.29) is 17.3 Å². The molecule has 1 heterocycles. The van der Waals surface area contributed by atoms with Gasteiger partial charge in [0.2, 0.25) is 0 Å². The molecule has 0 aliphatic heterocycles. The number of para-hydroxylation sites is 3. The number of carbonyl (C=O) groups is 1. The molecular formula is C26H24N2O6S. The summed E-state index contributed by atoms with van der Waals surface area (Å²) in [7, 11) is -2.49. The van der Waals surface area contributed by atoms with E-state index in [9.17, 15) is 13.2 Å². The summed E-state index contributed by atoms with van der Waals surface area (Å²) in [5, 5.41) is 2.68. The Morgan fingerprint density at radius 2 is 1.69 bits per heavy atom. The summed E-state index contributed by atoms with van der Waals surface area (Å²) in [5.41, 5.74) is 1.13. The number of hydrogen-bond acceptors (Lipinski definition) is 6. The second kappa shape index (κ2) is 10.4. The minimum Gasteiger partial charge on any atom is -0.495 e. The van der Waals surface area contributed by atoms with E-state index < -0.39 is 15.9 Å². The molecule has 35 heavy (non-hydrogen) atoms. The standard InChI is InChI=1S/C26H24N2O6S/c1-18-12-13-19(16-25(18)35(30,31)28-22-10-6-7-11-23(22)32-2)27-26(29)24-15-14-21(34-24)17-33-20-8-4-3-5-9-20/h3-16,28H,17H2,1-2H3,(H,27,29). The zero-order valence-corrected chi connectivity index (χ0v) is 20.0. The molecule has 0 unspecified atom stereocenters. The highest BCUT2D eigenvalue weighted by molar-refractivity contribution is 7.92. The van der Waals surface area contributed by atoms with E-state index in [2.05, 4.69) is 10.0 Å². The Morgan fingerprint density at radius 3 is 2.46 bits per heavy atom. The van der Waals surface area contributed by atoms with Crippen LogP contribution in [0.4, 0.5) is 11.4 Å². The van der Waals surface area contributed by atoms with Gasteiger partial charge in [-0.1, -0.05) is 36.4 Å². The lowest BCUT2D eigenvalue weighted by Crippen LogP contribution is -2.16. The number of anilines is 2. The number of methoxy groups -OCH3 is 1. The van der Waals surface area contributed by atoms with Crippen molar-refractivity contribution in [2.45, 2.75) is 18.4 Å². The van der Waals surface area contributed by atoms with Crippen molar-refractivity contribution in [3.8, 4) is 11.5 Å². The molecule has 0 aliphatic rings. The van der Waals surface area contributed by atoms with Gasteiger partial charge in [0.25, 0.3) is 15.9 Å². The fraction of sp³-hybridized carbons (Fsp3) is 0.115. The van der Waals surface area contributed by atoms with Crippen LogP contribution in [0.25, 0.3) is 0 Å². The second-order valence-electron chi connectivity index (χ2n) is 7.61. The van der Waals surface area contributed by atoms with Crippen LogP contribution in [0.1, 0.15) is 21.9 Å². The predicted molar refractivity (Wildman–Crippen MR) is 132 cm³/mol. The number of furan rings is 1. The van der Waals surface area contributed by atoms with Crippen LogP contribution < -0.4 is 19.5 Å². The van der Waals surface area contributed by atoms with Crippen LogP contribution >= 0.6 is 0 Å². The maximum absolute atomic E-state index is 13.1. The van der Waals surface area contributed by atoms with Gasteiger partial charge in [-0.3, -0.25) is 9.52 Å². The second-order valence-corrected chi connectivity index (χ2v) is 9.26. The molecule has 4 aromatic rings.